The third-order valence-electron chi connectivity index (χ3n) is 2.66. The van der Waals surface area contributed by atoms with Gasteiger partial charge < -0.3 is 5.32 Å². The number of likely N-dealkylation sites (N-methyl/N-ethyl adjacent to an activating group) is 1. The van der Waals surface area contributed by atoms with Crippen LogP contribution in [0.2, 0.25) is 9.36 Å². The molecule has 0 spiro atoms. The zero-order valence-electron chi connectivity index (χ0n) is 9.41. The molecule has 90 valence electrons. The zero-order valence-corrected chi connectivity index (χ0v) is 11.7. The second-order valence-corrected chi connectivity index (χ2v) is 5.98. The monoisotopic (exact) mass is 285 g/mol. The molecule has 0 bridgehead atoms. The highest BCUT2D eigenvalue weighted by Crippen LogP contribution is 2.29. The number of benzene rings is 1. The van der Waals surface area contributed by atoms with Crippen molar-refractivity contribution in [2.24, 2.45) is 0 Å². The van der Waals surface area contributed by atoms with Gasteiger partial charge in [-0.05, 0) is 30.8 Å². The van der Waals surface area contributed by atoms with Crippen molar-refractivity contribution in [3.8, 4) is 0 Å². The minimum Gasteiger partial charge on any atom is -0.313 e. The summed E-state index contributed by atoms with van der Waals surface area (Å²) in [5, 5.41) is 4.10. The molecule has 4 heteroatoms. The number of hydrogen-bond donors (Lipinski definition) is 1. The van der Waals surface area contributed by atoms with Crippen molar-refractivity contribution >= 4 is 34.5 Å². The number of rotatable bonds is 4. The summed E-state index contributed by atoms with van der Waals surface area (Å²) in [4.78, 5) is 1.26. The van der Waals surface area contributed by atoms with Crippen LogP contribution in [0, 0.1) is 0 Å². The Hall–Kier alpha value is -0.540. The molecule has 1 N–H and O–H groups in total. The third-order valence-corrected chi connectivity index (χ3v) is 4.26. The van der Waals surface area contributed by atoms with E-state index in [4.69, 9.17) is 23.2 Å². The van der Waals surface area contributed by atoms with Crippen LogP contribution in [0.15, 0.2) is 36.4 Å². The van der Waals surface area contributed by atoms with E-state index >= 15 is 0 Å². The van der Waals surface area contributed by atoms with E-state index in [2.05, 4.69) is 17.4 Å². The molecular weight excluding hydrogens is 273 g/mol. The molecule has 0 saturated carbocycles. The molecule has 1 atom stereocenters. The van der Waals surface area contributed by atoms with Gasteiger partial charge in [-0.2, -0.15) is 0 Å². The predicted octanol–water partition coefficient (Wildman–Crippen LogP) is 4.56. The molecule has 17 heavy (non-hydrogen) atoms. The summed E-state index contributed by atoms with van der Waals surface area (Å²) in [6.45, 7) is 0. The van der Waals surface area contributed by atoms with Crippen molar-refractivity contribution < 1.29 is 0 Å². The first-order valence-corrected chi connectivity index (χ1v) is 6.94. The van der Waals surface area contributed by atoms with Crippen LogP contribution in [0.1, 0.15) is 16.5 Å². The van der Waals surface area contributed by atoms with Crippen LogP contribution >= 0.6 is 34.5 Å². The fraction of sp³-hybridized carbons (Fsp3) is 0.231. The van der Waals surface area contributed by atoms with Crippen LogP contribution in [0.5, 0.6) is 0 Å². The highest BCUT2D eigenvalue weighted by Gasteiger charge is 2.13. The van der Waals surface area contributed by atoms with Gasteiger partial charge in [0.2, 0.25) is 0 Å². The lowest BCUT2D eigenvalue weighted by atomic mass is 10.0. The van der Waals surface area contributed by atoms with Crippen LogP contribution in [-0.2, 0) is 6.42 Å². The van der Waals surface area contributed by atoms with Crippen molar-refractivity contribution in [1.82, 2.24) is 5.32 Å². The molecule has 0 amide bonds. The molecule has 0 fully saturated rings. The first kappa shape index (κ1) is 12.9. The van der Waals surface area contributed by atoms with E-state index in [1.807, 2.05) is 31.3 Å². The summed E-state index contributed by atoms with van der Waals surface area (Å²) in [6, 6.07) is 12.1. The molecule has 1 heterocycles. The zero-order chi connectivity index (χ0) is 12.3. The van der Waals surface area contributed by atoms with Gasteiger partial charge in [-0.15, -0.1) is 11.3 Å². The summed E-state index contributed by atoms with van der Waals surface area (Å²) in [5.41, 5.74) is 1.13. The molecular formula is C13H13Cl2NS. The quantitative estimate of drug-likeness (QED) is 0.869. The summed E-state index contributed by atoms with van der Waals surface area (Å²) in [5.74, 6) is 0. The number of halogens is 2. The van der Waals surface area contributed by atoms with E-state index in [0.717, 1.165) is 21.3 Å². The molecule has 1 aromatic carbocycles. The lowest BCUT2D eigenvalue weighted by molar-refractivity contribution is 0.597. The minimum absolute atomic E-state index is 0.221. The Morgan fingerprint density at radius 1 is 1.18 bits per heavy atom. The minimum atomic E-state index is 0.221. The first-order chi connectivity index (χ1) is 8.20. The van der Waals surface area contributed by atoms with Crippen LogP contribution in [0.4, 0.5) is 0 Å². The molecule has 0 aliphatic carbocycles. The Morgan fingerprint density at radius 2 is 1.94 bits per heavy atom. The Labute approximate surface area is 115 Å². The normalized spacial score (nSPS) is 12.6. The van der Waals surface area contributed by atoms with Crippen molar-refractivity contribution in [1.29, 1.82) is 0 Å². The lowest BCUT2D eigenvalue weighted by Gasteiger charge is -2.17. The van der Waals surface area contributed by atoms with E-state index in [-0.39, 0.29) is 6.04 Å². The van der Waals surface area contributed by atoms with Gasteiger partial charge in [0, 0.05) is 22.4 Å². The van der Waals surface area contributed by atoms with Gasteiger partial charge in [0.05, 0.1) is 4.34 Å². The van der Waals surface area contributed by atoms with E-state index < -0.39 is 0 Å². The van der Waals surface area contributed by atoms with E-state index in [9.17, 15) is 0 Å². The molecule has 0 aliphatic heterocycles. The fourth-order valence-electron chi connectivity index (χ4n) is 1.79. The maximum absolute atomic E-state index is 6.21. The lowest BCUT2D eigenvalue weighted by Crippen LogP contribution is -2.18. The predicted molar refractivity (Wildman–Crippen MR) is 76.3 cm³/mol. The molecule has 1 unspecified atom stereocenters. The van der Waals surface area contributed by atoms with E-state index in [0.29, 0.717) is 0 Å². The highest BCUT2D eigenvalue weighted by molar-refractivity contribution is 7.16. The second-order valence-electron chi connectivity index (χ2n) is 3.77. The van der Waals surface area contributed by atoms with Gasteiger partial charge in [-0.25, -0.2) is 0 Å². The van der Waals surface area contributed by atoms with Gasteiger partial charge in [0.25, 0.3) is 0 Å². The molecule has 1 nitrogen and oxygen atoms in total. The van der Waals surface area contributed by atoms with Crippen LogP contribution in [0.25, 0.3) is 0 Å². The van der Waals surface area contributed by atoms with Crippen molar-refractivity contribution in [3.05, 3.63) is 56.2 Å². The molecule has 2 rings (SSSR count). The van der Waals surface area contributed by atoms with E-state index in [1.54, 1.807) is 11.3 Å². The SMILES string of the molecule is CNC(Cc1ccc(Cl)s1)c1ccccc1Cl. The third kappa shape index (κ3) is 3.23. The van der Waals surface area contributed by atoms with Crippen LogP contribution < -0.4 is 5.32 Å². The average molecular weight is 286 g/mol. The number of hydrogen-bond acceptors (Lipinski definition) is 2. The molecule has 2 aromatic rings. The summed E-state index contributed by atoms with van der Waals surface area (Å²) >= 11 is 13.8. The first-order valence-electron chi connectivity index (χ1n) is 5.36. The Morgan fingerprint density at radius 3 is 2.53 bits per heavy atom. The average Bonchev–Trinajstić information content (AvgIpc) is 2.73. The van der Waals surface area contributed by atoms with Gasteiger partial charge in [-0.1, -0.05) is 41.4 Å². The maximum atomic E-state index is 6.21. The van der Waals surface area contributed by atoms with Gasteiger partial charge in [-0.3, -0.25) is 0 Å². The highest BCUT2D eigenvalue weighted by atomic mass is 35.5. The van der Waals surface area contributed by atoms with E-state index in [1.165, 1.54) is 4.88 Å². The smallest absolute Gasteiger partial charge is 0.0931 e. The summed E-state index contributed by atoms with van der Waals surface area (Å²) in [7, 11) is 1.95. The standard InChI is InChI=1S/C13H13Cl2NS/c1-16-12(8-9-6-7-13(15)17-9)10-4-2-3-5-11(10)14/h2-7,12,16H,8H2,1H3. The maximum Gasteiger partial charge on any atom is 0.0931 e. The fourth-order valence-corrected chi connectivity index (χ4v) is 3.19. The molecule has 0 saturated heterocycles. The second kappa shape index (κ2) is 5.87. The summed E-state index contributed by atoms with van der Waals surface area (Å²) < 4.78 is 0.828. The molecule has 0 aliphatic rings. The number of thiophene rings is 1. The molecule has 0 radical (unpaired) electrons. The largest absolute Gasteiger partial charge is 0.313 e. The van der Waals surface area contributed by atoms with Crippen LogP contribution in [-0.4, -0.2) is 7.05 Å². The number of nitrogens with one attached hydrogen (secondary N) is 1. The van der Waals surface area contributed by atoms with Gasteiger partial charge >= 0.3 is 0 Å². The Bertz CT molecular complexity index is 496. The van der Waals surface area contributed by atoms with Gasteiger partial charge in [0.1, 0.15) is 0 Å². The molecule has 1 aromatic heterocycles. The van der Waals surface area contributed by atoms with Gasteiger partial charge in [0.15, 0.2) is 0 Å². The Balaban J connectivity index is 2.20. The topological polar surface area (TPSA) is 12.0 Å². The van der Waals surface area contributed by atoms with Crippen molar-refractivity contribution in [2.45, 2.75) is 12.5 Å². The summed E-state index contributed by atoms with van der Waals surface area (Å²) in [6.07, 6.45) is 0.900. The Kier molecular flexibility index (Phi) is 4.46. The van der Waals surface area contributed by atoms with Crippen molar-refractivity contribution in [3.63, 3.8) is 0 Å². The van der Waals surface area contributed by atoms with Crippen molar-refractivity contribution in [2.75, 3.05) is 7.05 Å². The van der Waals surface area contributed by atoms with Crippen LogP contribution in [0.3, 0.4) is 0 Å².